The summed E-state index contributed by atoms with van der Waals surface area (Å²) in [4.78, 5) is 3.96. The van der Waals surface area contributed by atoms with Crippen molar-refractivity contribution < 1.29 is 0 Å². The fourth-order valence-electron chi connectivity index (χ4n) is 0.469. The smallest absolute Gasteiger partial charge is 0.140 e. The molecule has 0 aliphatic rings. The Morgan fingerprint density at radius 2 is 2.40 bits per heavy atom. The van der Waals surface area contributed by atoms with E-state index in [9.17, 15) is 0 Å². The molecule has 4 heteroatoms. The standard InChI is InChI=1S/C6H3BrN2S/c7-5-1-2-6(9-3-5)10-4-8/h1-3H. The van der Waals surface area contributed by atoms with Crippen LogP contribution in [0, 0.1) is 10.7 Å². The average molecular weight is 215 g/mol. The second-order valence-electron chi connectivity index (χ2n) is 1.51. The van der Waals surface area contributed by atoms with Crippen molar-refractivity contribution in [2.45, 2.75) is 5.03 Å². The predicted molar refractivity (Wildman–Crippen MR) is 43.4 cm³/mol. The first kappa shape index (κ1) is 7.58. The van der Waals surface area contributed by atoms with E-state index in [1.165, 1.54) is 0 Å². The Kier molecular flexibility index (Phi) is 2.72. The van der Waals surface area contributed by atoms with E-state index in [2.05, 4.69) is 20.9 Å². The molecule has 0 atom stereocenters. The quantitative estimate of drug-likeness (QED) is 0.533. The van der Waals surface area contributed by atoms with E-state index in [0.717, 1.165) is 21.3 Å². The Hall–Kier alpha value is -0.530. The zero-order valence-electron chi connectivity index (χ0n) is 4.91. The van der Waals surface area contributed by atoms with Gasteiger partial charge in [0.15, 0.2) is 0 Å². The number of halogens is 1. The van der Waals surface area contributed by atoms with E-state index in [4.69, 9.17) is 5.26 Å². The van der Waals surface area contributed by atoms with Gasteiger partial charge in [0.05, 0.1) is 0 Å². The van der Waals surface area contributed by atoms with Gasteiger partial charge in [-0.15, -0.1) is 0 Å². The highest BCUT2D eigenvalue weighted by Gasteiger charge is 1.91. The molecular weight excluding hydrogens is 212 g/mol. The molecule has 0 spiro atoms. The maximum Gasteiger partial charge on any atom is 0.140 e. The SMILES string of the molecule is N#CSc1ccc(Br)cn1. The third kappa shape index (κ3) is 2.01. The fraction of sp³-hybridized carbons (Fsp3) is 0. The van der Waals surface area contributed by atoms with E-state index < -0.39 is 0 Å². The van der Waals surface area contributed by atoms with Gasteiger partial charge >= 0.3 is 0 Å². The maximum atomic E-state index is 8.25. The molecule has 0 aliphatic heterocycles. The molecule has 0 unspecified atom stereocenters. The van der Waals surface area contributed by atoms with Gasteiger partial charge in [-0.2, -0.15) is 5.26 Å². The summed E-state index contributed by atoms with van der Waals surface area (Å²) >= 11 is 4.30. The fourth-order valence-corrected chi connectivity index (χ4v) is 1.04. The largest absolute Gasteiger partial charge is 0.248 e. The minimum absolute atomic E-state index is 0.728. The lowest BCUT2D eigenvalue weighted by molar-refractivity contribution is 1.13. The Morgan fingerprint density at radius 1 is 1.60 bits per heavy atom. The minimum Gasteiger partial charge on any atom is -0.248 e. The molecule has 0 aromatic carbocycles. The zero-order chi connectivity index (χ0) is 7.40. The molecule has 50 valence electrons. The summed E-state index contributed by atoms with van der Waals surface area (Å²) in [6, 6.07) is 3.64. The Balaban J connectivity index is 2.81. The Labute approximate surface area is 71.4 Å². The van der Waals surface area contributed by atoms with Crippen LogP contribution in [-0.4, -0.2) is 4.98 Å². The van der Waals surface area contributed by atoms with Gasteiger partial charge in [0.25, 0.3) is 0 Å². The van der Waals surface area contributed by atoms with Crippen LogP contribution in [0.2, 0.25) is 0 Å². The summed E-state index contributed by atoms with van der Waals surface area (Å²) in [6.07, 6.45) is 1.67. The van der Waals surface area contributed by atoms with Crippen molar-refractivity contribution in [3.63, 3.8) is 0 Å². The molecule has 0 fully saturated rings. The number of rotatable bonds is 1. The first-order valence-electron chi connectivity index (χ1n) is 2.50. The van der Waals surface area contributed by atoms with Crippen LogP contribution in [0.3, 0.4) is 0 Å². The lowest BCUT2D eigenvalue weighted by atomic mass is 10.5. The van der Waals surface area contributed by atoms with E-state index in [1.54, 1.807) is 12.3 Å². The number of hydrogen-bond donors (Lipinski definition) is 0. The summed E-state index contributed by atoms with van der Waals surface area (Å²) in [5.41, 5.74) is 0. The second-order valence-corrected chi connectivity index (χ2v) is 3.23. The van der Waals surface area contributed by atoms with E-state index in [0.29, 0.717) is 0 Å². The number of nitrogens with zero attached hydrogens (tertiary/aromatic N) is 2. The normalized spacial score (nSPS) is 8.80. The summed E-state index contributed by atoms with van der Waals surface area (Å²) in [5, 5.41) is 10.9. The van der Waals surface area contributed by atoms with E-state index in [-0.39, 0.29) is 0 Å². The van der Waals surface area contributed by atoms with Crippen molar-refractivity contribution in [2.24, 2.45) is 0 Å². The highest BCUT2D eigenvalue weighted by Crippen LogP contribution is 2.15. The van der Waals surface area contributed by atoms with Gasteiger partial charge in [-0.05, 0) is 28.1 Å². The van der Waals surface area contributed by atoms with E-state index >= 15 is 0 Å². The first-order valence-corrected chi connectivity index (χ1v) is 4.11. The second kappa shape index (κ2) is 3.59. The number of pyridine rings is 1. The molecule has 2 nitrogen and oxygen atoms in total. The first-order chi connectivity index (χ1) is 4.83. The number of aromatic nitrogens is 1. The van der Waals surface area contributed by atoms with Gasteiger partial charge in [-0.3, -0.25) is 0 Å². The number of hydrogen-bond acceptors (Lipinski definition) is 3. The summed E-state index contributed by atoms with van der Waals surface area (Å²) < 4.78 is 0.926. The molecule has 1 rings (SSSR count). The molecule has 10 heavy (non-hydrogen) atoms. The van der Waals surface area contributed by atoms with Crippen molar-refractivity contribution in [3.05, 3.63) is 22.8 Å². The molecule has 0 N–H and O–H groups in total. The molecule has 0 amide bonds. The van der Waals surface area contributed by atoms with E-state index in [1.807, 2.05) is 11.5 Å². The van der Waals surface area contributed by atoms with Crippen LogP contribution in [0.4, 0.5) is 0 Å². The molecule has 1 aromatic heterocycles. The third-order valence-electron chi connectivity index (χ3n) is 0.850. The molecule has 0 saturated carbocycles. The Morgan fingerprint density at radius 3 is 2.90 bits per heavy atom. The molecular formula is C6H3BrN2S. The summed E-state index contributed by atoms with van der Waals surface area (Å²) in [5.74, 6) is 0. The summed E-state index contributed by atoms with van der Waals surface area (Å²) in [6.45, 7) is 0. The molecule has 1 aromatic rings. The van der Waals surface area contributed by atoms with Crippen molar-refractivity contribution in [1.82, 2.24) is 4.98 Å². The third-order valence-corrected chi connectivity index (χ3v) is 1.86. The molecule has 0 saturated heterocycles. The van der Waals surface area contributed by atoms with Gasteiger partial charge in [0, 0.05) is 22.4 Å². The van der Waals surface area contributed by atoms with Gasteiger partial charge in [0.2, 0.25) is 0 Å². The molecule has 0 bridgehead atoms. The van der Waals surface area contributed by atoms with Crippen LogP contribution < -0.4 is 0 Å². The predicted octanol–water partition coefficient (Wildman–Crippen LogP) is 2.42. The number of thioether (sulfide) groups is 1. The summed E-state index contributed by atoms with van der Waals surface area (Å²) in [7, 11) is 0. The number of nitriles is 1. The maximum absolute atomic E-state index is 8.25. The van der Waals surface area contributed by atoms with Crippen LogP contribution in [0.1, 0.15) is 0 Å². The van der Waals surface area contributed by atoms with Crippen LogP contribution in [-0.2, 0) is 0 Å². The lowest BCUT2D eigenvalue weighted by Crippen LogP contribution is -1.74. The highest BCUT2D eigenvalue weighted by molar-refractivity contribution is 9.10. The molecule has 0 radical (unpaired) electrons. The van der Waals surface area contributed by atoms with Gasteiger partial charge in [0.1, 0.15) is 10.4 Å². The van der Waals surface area contributed by atoms with Crippen LogP contribution in [0.5, 0.6) is 0 Å². The van der Waals surface area contributed by atoms with Crippen molar-refractivity contribution in [2.75, 3.05) is 0 Å². The highest BCUT2D eigenvalue weighted by atomic mass is 79.9. The monoisotopic (exact) mass is 214 g/mol. The average Bonchev–Trinajstić information content (AvgIpc) is 1.95. The van der Waals surface area contributed by atoms with Crippen LogP contribution in [0.25, 0.3) is 0 Å². The number of thiocyanates is 1. The zero-order valence-corrected chi connectivity index (χ0v) is 7.32. The van der Waals surface area contributed by atoms with Gasteiger partial charge < -0.3 is 0 Å². The Bertz CT molecular complexity index is 251. The van der Waals surface area contributed by atoms with Crippen molar-refractivity contribution in [3.8, 4) is 5.40 Å². The van der Waals surface area contributed by atoms with Gasteiger partial charge in [-0.25, -0.2) is 4.98 Å². The van der Waals surface area contributed by atoms with Crippen molar-refractivity contribution >= 4 is 27.7 Å². The minimum atomic E-state index is 0.728. The van der Waals surface area contributed by atoms with Crippen LogP contribution >= 0.6 is 27.7 Å². The van der Waals surface area contributed by atoms with Gasteiger partial charge in [-0.1, -0.05) is 0 Å². The van der Waals surface area contributed by atoms with Crippen molar-refractivity contribution in [1.29, 1.82) is 5.26 Å². The van der Waals surface area contributed by atoms with Crippen LogP contribution in [0.15, 0.2) is 27.8 Å². The molecule has 0 aliphatic carbocycles. The lowest BCUT2D eigenvalue weighted by Gasteiger charge is -1.90. The topological polar surface area (TPSA) is 36.7 Å². The molecule has 1 heterocycles.